The number of carbonyl (C=O) groups is 1. The van der Waals surface area contributed by atoms with E-state index >= 15 is 0 Å². The molecule has 0 aliphatic rings. The van der Waals surface area contributed by atoms with Crippen LogP contribution in [0.2, 0.25) is 0 Å². The predicted molar refractivity (Wildman–Crippen MR) is 65.3 cm³/mol. The number of anilines is 1. The molecule has 0 spiro atoms. The van der Waals surface area contributed by atoms with E-state index in [4.69, 9.17) is 9.84 Å². The number of methoxy groups -OCH3 is 1. The van der Waals surface area contributed by atoms with Crippen LogP contribution < -0.4 is 9.64 Å². The minimum atomic E-state index is -0.990. The van der Waals surface area contributed by atoms with Crippen LogP contribution in [-0.2, 0) is 4.79 Å². The second kappa shape index (κ2) is 5.94. The van der Waals surface area contributed by atoms with Gasteiger partial charge in [0.2, 0.25) is 5.82 Å². The molecule has 9 nitrogen and oxygen atoms in total. The highest BCUT2D eigenvalue weighted by Crippen LogP contribution is 2.32. The van der Waals surface area contributed by atoms with Gasteiger partial charge in [0.05, 0.1) is 18.0 Å². The van der Waals surface area contributed by atoms with Crippen LogP contribution in [-0.4, -0.2) is 46.7 Å². The first-order chi connectivity index (χ1) is 8.88. The molecule has 1 rings (SSSR count). The number of carboxylic acid groups (broad SMARTS) is 1. The van der Waals surface area contributed by atoms with E-state index < -0.39 is 16.8 Å². The van der Waals surface area contributed by atoms with Gasteiger partial charge in [0.25, 0.3) is 5.88 Å². The van der Waals surface area contributed by atoms with Gasteiger partial charge in [0, 0.05) is 13.6 Å². The first kappa shape index (κ1) is 14.6. The molecule has 1 aromatic rings. The monoisotopic (exact) mass is 270 g/mol. The van der Waals surface area contributed by atoms with Crippen molar-refractivity contribution in [2.45, 2.75) is 6.92 Å². The number of ether oxygens (including phenoxy) is 1. The van der Waals surface area contributed by atoms with Crippen molar-refractivity contribution in [3.63, 3.8) is 0 Å². The van der Waals surface area contributed by atoms with Crippen LogP contribution in [0.1, 0.15) is 6.92 Å². The van der Waals surface area contributed by atoms with Gasteiger partial charge in [-0.05, 0) is 0 Å². The SMILES string of the molecule is COc1ncnc(N(C)CC(C)C(=O)O)c1[N+](=O)[O-]. The summed E-state index contributed by atoms with van der Waals surface area (Å²) in [6.07, 6.45) is 1.13. The molecule has 19 heavy (non-hydrogen) atoms. The standard InChI is InChI=1S/C10H14N4O5/c1-6(10(15)16)4-13(2)8-7(14(17)18)9(19-3)12-5-11-8/h5-6H,4H2,1-3H3,(H,15,16). The Morgan fingerprint density at radius 1 is 1.63 bits per heavy atom. The lowest BCUT2D eigenvalue weighted by atomic mass is 10.2. The summed E-state index contributed by atoms with van der Waals surface area (Å²) in [7, 11) is 2.78. The quantitative estimate of drug-likeness (QED) is 0.588. The van der Waals surface area contributed by atoms with Crippen LogP contribution in [0, 0.1) is 16.0 Å². The minimum absolute atomic E-state index is 0.0185. The number of hydrogen-bond donors (Lipinski definition) is 1. The first-order valence-corrected chi connectivity index (χ1v) is 5.35. The Kier molecular flexibility index (Phi) is 4.56. The van der Waals surface area contributed by atoms with Crippen molar-refractivity contribution in [2.24, 2.45) is 5.92 Å². The Balaban J connectivity index is 3.12. The van der Waals surface area contributed by atoms with Gasteiger partial charge in [0.1, 0.15) is 6.33 Å². The van der Waals surface area contributed by atoms with E-state index in [1.807, 2.05) is 0 Å². The molecular weight excluding hydrogens is 256 g/mol. The third-order valence-electron chi connectivity index (χ3n) is 2.48. The summed E-state index contributed by atoms with van der Waals surface area (Å²) in [5, 5.41) is 19.9. The summed E-state index contributed by atoms with van der Waals surface area (Å²) in [4.78, 5) is 30.0. The van der Waals surface area contributed by atoms with E-state index in [-0.39, 0.29) is 23.9 Å². The highest BCUT2D eigenvalue weighted by Gasteiger charge is 2.27. The van der Waals surface area contributed by atoms with Gasteiger partial charge in [-0.25, -0.2) is 4.98 Å². The summed E-state index contributed by atoms with van der Waals surface area (Å²) in [6.45, 7) is 1.58. The maximum absolute atomic E-state index is 11.0. The molecule has 0 fully saturated rings. The third kappa shape index (κ3) is 3.27. The maximum Gasteiger partial charge on any atom is 0.372 e. The number of nitro groups is 1. The summed E-state index contributed by atoms with van der Waals surface area (Å²) < 4.78 is 4.81. The maximum atomic E-state index is 11.0. The molecule has 0 saturated carbocycles. The average Bonchev–Trinajstić information content (AvgIpc) is 2.37. The van der Waals surface area contributed by atoms with Gasteiger partial charge in [-0.1, -0.05) is 6.92 Å². The van der Waals surface area contributed by atoms with E-state index in [0.717, 1.165) is 6.33 Å². The zero-order valence-corrected chi connectivity index (χ0v) is 10.7. The molecule has 1 aromatic heterocycles. The fourth-order valence-electron chi connectivity index (χ4n) is 1.52. The Labute approximate surface area is 109 Å². The largest absolute Gasteiger partial charge is 0.481 e. The molecule has 1 N–H and O–H groups in total. The molecule has 0 aromatic carbocycles. The van der Waals surface area contributed by atoms with Crippen molar-refractivity contribution in [2.75, 3.05) is 25.6 Å². The lowest BCUT2D eigenvalue weighted by Gasteiger charge is -2.20. The van der Waals surface area contributed by atoms with Crippen LogP contribution in [0.15, 0.2) is 6.33 Å². The van der Waals surface area contributed by atoms with Crippen LogP contribution >= 0.6 is 0 Å². The van der Waals surface area contributed by atoms with E-state index in [1.54, 1.807) is 0 Å². The van der Waals surface area contributed by atoms with Crippen molar-refractivity contribution in [1.29, 1.82) is 0 Å². The molecule has 1 heterocycles. The zero-order valence-electron chi connectivity index (χ0n) is 10.7. The number of nitrogens with zero attached hydrogens (tertiary/aromatic N) is 4. The lowest BCUT2D eigenvalue weighted by Crippen LogP contribution is -2.29. The van der Waals surface area contributed by atoms with Gasteiger partial charge in [-0.2, -0.15) is 4.98 Å². The van der Waals surface area contributed by atoms with Gasteiger partial charge in [-0.15, -0.1) is 0 Å². The molecule has 0 radical (unpaired) electrons. The van der Waals surface area contributed by atoms with Crippen LogP contribution in [0.5, 0.6) is 5.88 Å². The fraction of sp³-hybridized carbons (Fsp3) is 0.500. The lowest BCUT2D eigenvalue weighted by molar-refractivity contribution is -0.385. The van der Waals surface area contributed by atoms with Gasteiger partial charge in [-0.3, -0.25) is 14.9 Å². The second-order valence-corrected chi connectivity index (χ2v) is 3.93. The van der Waals surface area contributed by atoms with E-state index in [0.29, 0.717) is 0 Å². The first-order valence-electron chi connectivity index (χ1n) is 5.35. The molecule has 0 saturated heterocycles. The van der Waals surface area contributed by atoms with Crippen molar-refractivity contribution in [3.05, 3.63) is 16.4 Å². The Morgan fingerprint density at radius 2 is 2.26 bits per heavy atom. The van der Waals surface area contributed by atoms with Crippen molar-refractivity contribution in [3.8, 4) is 5.88 Å². The van der Waals surface area contributed by atoms with Crippen molar-refractivity contribution < 1.29 is 19.6 Å². The topological polar surface area (TPSA) is 119 Å². The van der Waals surface area contributed by atoms with Gasteiger partial charge < -0.3 is 14.7 Å². The van der Waals surface area contributed by atoms with Gasteiger partial charge in [0.15, 0.2) is 0 Å². The molecule has 0 aliphatic heterocycles. The smallest absolute Gasteiger partial charge is 0.372 e. The summed E-state index contributed by atoms with van der Waals surface area (Å²) >= 11 is 0. The number of aromatic nitrogens is 2. The highest BCUT2D eigenvalue weighted by molar-refractivity contribution is 5.71. The van der Waals surface area contributed by atoms with Crippen LogP contribution in [0.4, 0.5) is 11.5 Å². The third-order valence-corrected chi connectivity index (χ3v) is 2.48. The van der Waals surface area contributed by atoms with E-state index in [9.17, 15) is 14.9 Å². The molecule has 1 atom stereocenters. The molecule has 0 aliphatic carbocycles. The van der Waals surface area contributed by atoms with Crippen molar-refractivity contribution in [1.82, 2.24) is 9.97 Å². The number of hydrogen-bond acceptors (Lipinski definition) is 7. The van der Waals surface area contributed by atoms with Crippen molar-refractivity contribution >= 4 is 17.5 Å². The number of aliphatic carboxylic acids is 1. The molecule has 1 unspecified atom stereocenters. The van der Waals surface area contributed by atoms with Crippen LogP contribution in [0.3, 0.4) is 0 Å². The Hall–Kier alpha value is -2.45. The molecule has 104 valence electrons. The Bertz CT molecular complexity index is 493. The molecule has 0 bridgehead atoms. The number of carboxylic acids is 1. The Morgan fingerprint density at radius 3 is 2.74 bits per heavy atom. The normalized spacial score (nSPS) is 11.7. The fourth-order valence-corrected chi connectivity index (χ4v) is 1.52. The van der Waals surface area contributed by atoms with Crippen LogP contribution in [0.25, 0.3) is 0 Å². The second-order valence-electron chi connectivity index (χ2n) is 3.93. The summed E-state index contributed by atoms with van der Waals surface area (Å²) in [6, 6.07) is 0. The highest BCUT2D eigenvalue weighted by atomic mass is 16.6. The van der Waals surface area contributed by atoms with E-state index in [1.165, 1.54) is 26.0 Å². The molecule has 0 amide bonds. The average molecular weight is 270 g/mol. The minimum Gasteiger partial charge on any atom is -0.481 e. The number of rotatable bonds is 6. The van der Waals surface area contributed by atoms with Gasteiger partial charge >= 0.3 is 11.7 Å². The zero-order chi connectivity index (χ0) is 14.6. The molecular formula is C10H14N4O5. The summed E-state index contributed by atoms with van der Waals surface area (Å²) in [5.74, 6) is -1.82. The summed E-state index contributed by atoms with van der Waals surface area (Å²) in [5.41, 5.74) is -0.384. The predicted octanol–water partition coefficient (Wildman–Crippen LogP) is 0.550. The molecule has 9 heteroatoms. The van der Waals surface area contributed by atoms with E-state index in [2.05, 4.69) is 9.97 Å².